The fourth-order valence-electron chi connectivity index (χ4n) is 4.17. The number of rotatable bonds is 6. The summed E-state index contributed by atoms with van der Waals surface area (Å²) in [6.45, 7) is 2.28. The van der Waals surface area contributed by atoms with E-state index in [2.05, 4.69) is 27.3 Å². The van der Waals surface area contributed by atoms with Crippen molar-refractivity contribution < 1.29 is 4.74 Å². The van der Waals surface area contributed by atoms with Crippen LogP contribution >= 0.6 is 11.3 Å². The van der Waals surface area contributed by atoms with Gasteiger partial charge in [-0.15, -0.1) is 0 Å². The lowest BCUT2D eigenvalue weighted by atomic mass is 9.85. The van der Waals surface area contributed by atoms with Gasteiger partial charge >= 0.3 is 0 Å². The van der Waals surface area contributed by atoms with Crippen molar-refractivity contribution in [3.8, 4) is 23.0 Å². The summed E-state index contributed by atoms with van der Waals surface area (Å²) in [5.74, 6) is 2.57. The minimum absolute atomic E-state index is 0.448. The Kier molecular flexibility index (Phi) is 5.55. The summed E-state index contributed by atoms with van der Waals surface area (Å²) in [4.78, 5) is 13.6. The maximum Gasteiger partial charge on any atom is 0.222 e. The third-order valence-corrected chi connectivity index (χ3v) is 6.83. The Morgan fingerprint density at radius 2 is 2.03 bits per heavy atom. The highest BCUT2D eigenvalue weighted by atomic mass is 32.1. The summed E-state index contributed by atoms with van der Waals surface area (Å²) in [6, 6.07) is 8.16. The number of hydrogen-bond acceptors (Lipinski definition) is 7. The Balaban J connectivity index is 1.31. The van der Waals surface area contributed by atoms with Gasteiger partial charge in [0.1, 0.15) is 5.75 Å². The van der Waals surface area contributed by atoms with Crippen molar-refractivity contribution in [3.63, 3.8) is 0 Å². The predicted octanol–water partition coefficient (Wildman–Crippen LogP) is 5.66. The molecule has 1 aromatic carbocycles. The first-order chi connectivity index (χ1) is 15.1. The third-order valence-electron chi connectivity index (χ3n) is 5.88. The highest BCUT2D eigenvalue weighted by molar-refractivity contribution is 7.22. The molecule has 1 unspecified atom stereocenters. The number of thiazole rings is 1. The summed E-state index contributed by atoms with van der Waals surface area (Å²) in [5, 5.41) is 8.79. The molecule has 1 fully saturated rings. The van der Waals surface area contributed by atoms with Crippen molar-refractivity contribution in [2.45, 2.75) is 45.1 Å². The summed E-state index contributed by atoms with van der Waals surface area (Å²) in [7, 11) is 1.87. The molecule has 1 atom stereocenters. The van der Waals surface area contributed by atoms with Gasteiger partial charge in [-0.1, -0.05) is 30.6 Å². The van der Waals surface area contributed by atoms with E-state index in [1.165, 1.54) is 32.1 Å². The van der Waals surface area contributed by atoms with Crippen molar-refractivity contribution in [1.29, 1.82) is 0 Å². The van der Waals surface area contributed by atoms with Crippen molar-refractivity contribution in [2.75, 3.05) is 5.32 Å². The molecule has 0 amide bonds. The molecule has 1 N–H and O–H groups in total. The minimum Gasteiger partial charge on any atom is -0.439 e. The van der Waals surface area contributed by atoms with Crippen LogP contribution in [0.4, 0.5) is 5.13 Å². The van der Waals surface area contributed by atoms with Crippen LogP contribution in [-0.4, -0.2) is 30.8 Å². The van der Waals surface area contributed by atoms with E-state index in [4.69, 9.17) is 9.72 Å². The first kappa shape index (κ1) is 19.9. The molecule has 0 aliphatic heterocycles. The maximum atomic E-state index is 6.02. The quantitative estimate of drug-likeness (QED) is 0.422. The molecule has 0 bridgehead atoms. The SMILES string of the molecule is CC(Nc1nc2ccc(Oc3ccnc(-c4cnn(C)c4)n3)cc2s1)C1CCCCC1. The van der Waals surface area contributed by atoms with Gasteiger partial charge in [-0.3, -0.25) is 4.68 Å². The fraction of sp³-hybridized carbons (Fsp3) is 0.391. The third kappa shape index (κ3) is 4.54. The van der Waals surface area contributed by atoms with E-state index in [1.807, 2.05) is 31.4 Å². The Hall–Kier alpha value is -3.00. The number of anilines is 1. The second-order valence-electron chi connectivity index (χ2n) is 8.20. The monoisotopic (exact) mass is 434 g/mol. The summed E-state index contributed by atoms with van der Waals surface area (Å²) >= 11 is 1.67. The Morgan fingerprint density at radius 3 is 2.84 bits per heavy atom. The lowest BCUT2D eigenvalue weighted by Gasteiger charge is -2.28. The Bertz CT molecular complexity index is 1180. The molecule has 0 saturated heterocycles. The number of aromatic nitrogens is 5. The van der Waals surface area contributed by atoms with Crippen molar-refractivity contribution in [2.24, 2.45) is 13.0 Å². The molecular weight excluding hydrogens is 408 g/mol. The normalized spacial score (nSPS) is 15.8. The number of hydrogen-bond donors (Lipinski definition) is 1. The van der Waals surface area contributed by atoms with E-state index < -0.39 is 0 Å². The molecular formula is C23H26N6OS. The smallest absolute Gasteiger partial charge is 0.222 e. The van der Waals surface area contributed by atoms with Crippen LogP contribution in [0.3, 0.4) is 0 Å². The van der Waals surface area contributed by atoms with E-state index in [0.29, 0.717) is 17.7 Å². The van der Waals surface area contributed by atoms with E-state index in [1.54, 1.807) is 34.5 Å². The highest BCUT2D eigenvalue weighted by Crippen LogP contribution is 2.33. The Labute approximate surface area is 185 Å². The summed E-state index contributed by atoms with van der Waals surface area (Å²) in [5.41, 5.74) is 1.84. The van der Waals surface area contributed by atoms with Gasteiger partial charge in [-0.2, -0.15) is 10.1 Å². The van der Waals surface area contributed by atoms with Crippen LogP contribution in [0.15, 0.2) is 42.9 Å². The summed E-state index contributed by atoms with van der Waals surface area (Å²) < 4.78 is 8.84. The van der Waals surface area contributed by atoms with Crippen LogP contribution in [0.25, 0.3) is 21.6 Å². The van der Waals surface area contributed by atoms with Gasteiger partial charge in [-0.05, 0) is 37.8 Å². The molecule has 160 valence electrons. The van der Waals surface area contributed by atoms with Gasteiger partial charge < -0.3 is 10.1 Å². The molecule has 7 nitrogen and oxygen atoms in total. The van der Waals surface area contributed by atoms with Crippen LogP contribution < -0.4 is 10.1 Å². The van der Waals surface area contributed by atoms with Crippen molar-refractivity contribution in [1.82, 2.24) is 24.7 Å². The van der Waals surface area contributed by atoms with Crippen LogP contribution in [-0.2, 0) is 7.05 Å². The van der Waals surface area contributed by atoms with Gasteiger partial charge in [0, 0.05) is 37.6 Å². The second kappa shape index (κ2) is 8.63. The molecule has 1 aliphatic carbocycles. The molecule has 0 radical (unpaired) electrons. The van der Waals surface area contributed by atoms with Gasteiger partial charge in [0.05, 0.1) is 22.0 Å². The topological polar surface area (TPSA) is 77.8 Å². The fourth-order valence-corrected chi connectivity index (χ4v) is 5.16. The molecule has 3 aromatic heterocycles. The molecule has 4 aromatic rings. The zero-order chi connectivity index (χ0) is 21.2. The molecule has 31 heavy (non-hydrogen) atoms. The van der Waals surface area contributed by atoms with Crippen LogP contribution in [0.1, 0.15) is 39.0 Å². The molecule has 0 spiro atoms. The minimum atomic E-state index is 0.448. The van der Waals surface area contributed by atoms with E-state index in [-0.39, 0.29) is 0 Å². The maximum absolute atomic E-state index is 6.02. The van der Waals surface area contributed by atoms with Gasteiger partial charge in [0.15, 0.2) is 11.0 Å². The number of nitrogens with one attached hydrogen (secondary N) is 1. The number of ether oxygens (including phenoxy) is 1. The van der Waals surface area contributed by atoms with Crippen LogP contribution in [0.2, 0.25) is 0 Å². The number of aryl methyl sites for hydroxylation is 1. The zero-order valence-electron chi connectivity index (χ0n) is 17.8. The summed E-state index contributed by atoms with van der Waals surface area (Å²) in [6.07, 6.45) is 12.0. The van der Waals surface area contributed by atoms with Gasteiger partial charge in [0.2, 0.25) is 5.88 Å². The van der Waals surface area contributed by atoms with Crippen molar-refractivity contribution in [3.05, 3.63) is 42.9 Å². The van der Waals surface area contributed by atoms with Crippen LogP contribution in [0, 0.1) is 5.92 Å². The average Bonchev–Trinajstić information content (AvgIpc) is 3.40. The van der Waals surface area contributed by atoms with Gasteiger partial charge in [-0.25, -0.2) is 9.97 Å². The largest absolute Gasteiger partial charge is 0.439 e. The van der Waals surface area contributed by atoms with E-state index >= 15 is 0 Å². The van der Waals surface area contributed by atoms with E-state index in [9.17, 15) is 0 Å². The molecule has 1 aliphatic rings. The van der Waals surface area contributed by atoms with E-state index in [0.717, 1.165) is 32.6 Å². The lowest BCUT2D eigenvalue weighted by Crippen LogP contribution is -2.27. The first-order valence-corrected chi connectivity index (χ1v) is 11.6. The molecule has 1 saturated carbocycles. The Morgan fingerprint density at radius 1 is 1.16 bits per heavy atom. The predicted molar refractivity (Wildman–Crippen MR) is 124 cm³/mol. The van der Waals surface area contributed by atoms with Crippen molar-refractivity contribution >= 4 is 26.7 Å². The standard InChI is InChI=1S/C23H26N6OS/c1-15(16-6-4-3-5-7-16)26-23-27-19-9-8-18(12-20(19)31-23)30-21-10-11-24-22(28-21)17-13-25-29(2)14-17/h8-16H,3-7H2,1-2H3,(H,26,27). The number of benzene rings is 1. The van der Waals surface area contributed by atoms with Gasteiger partial charge in [0.25, 0.3) is 0 Å². The average molecular weight is 435 g/mol. The highest BCUT2D eigenvalue weighted by Gasteiger charge is 2.21. The molecule has 5 rings (SSSR count). The number of nitrogens with zero attached hydrogens (tertiary/aromatic N) is 5. The first-order valence-electron chi connectivity index (χ1n) is 10.8. The number of fused-ring (bicyclic) bond motifs is 1. The van der Waals surface area contributed by atoms with Crippen LogP contribution in [0.5, 0.6) is 11.6 Å². The molecule has 8 heteroatoms. The second-order valence-corrected chi connectivity index (χ2v) is 9.23. The molecule has 3 heterocycles. The zero-order valence-corrected chi connectivity index (χ0v) is 18.6. The lowest BCUT2D eigenvalue weighted by molar-refractivity contribution is 0.328.